The Kier molecular flexibility index (Phi) is 6.99. The molecular formula is C64H43N3O2S. The molecule has 5 heterocycles. The summed E-state index contributed by atoms with van der Waals surface area (Å²) in [5.74, 6) is 0. The zero-order valence-electron chi connectivity index (χ0n) is 44.0. The topological polar surface area (TPSA) is 37.2 Å². The van der Waals surface area contributed by atoms with Gasteiger partial charge in [0, 0.05) is 113 Å². The normalized spacial score (nSPS) is 13.9. The van der Waals surface area contributed by atoms with E-state index in [-0.39, 0.29) is 11.1 Å². The summed E-state index contributed by atoms with van der Waals surface area (Å²) < 4.78 is 66.7. The van der Waals surface area contributed by atoms with E-state index < -0.39 is 13.7 Å². The Hall–Kier alpha value is -8.58. The van der Waals surface area contributed by atoms with Crippen molar-refractivity contribution in [3.63, 3.8) is 0 Å². The summed E-state index contributed by atoms with van der Waals surface area (Å²) in [6.45, 7) is -0.715. The molecule has 0 saturated carbocycles. The van der Waals surface area contributed by atoms with Crippen LogP contribution in [0, 0.1) is 27.6 Å². The fraction of sp³-hybridized carbons (Fsp3) is 0.0625. The van der Waals surface area contributed by atoms with Gasteiger partial charge >= 0.3 is 0 Å². The highest BCUT2D eigenvalue weighted by Gasteiger charge is 2.25. The minimum atomic E-state index is -2.30. The lowest BCUT2D eigenvalue weighted by molar-refractivity contribution is 0.668. The zero-order chi connectivity index (χ0) is 51.5. The number of hydrogen-bond donors (Lipinski definition) is 0. The fourth-order valence-electron chi connectivity index (χ4n) is 11.4. The number of thiophene rings is 1. The first kappa shape index (κ1) is 33.8. The van der Waals surface area contributed by atoms with Gasteiger partial charge in [-0.05, 0) is 140 Å². The number of hydrogen-bond acceptors (Lipinski definition) is 5. The third kappa shape index (κ3) is 5.71. The largest absolute Gasteiger partial charge is 0.456 e. The highest BCUT2D eigenvalue weighted by Crippen LogP contribution is 2.49. The van der Waals surface area contributed by atoms with E-state index in [1.165, 1.54) is 21.7 Å². The zero-order valence-corrected chi connectivity index (χ0v) is 38.8. The molecule has 332 valence electrons. The van der Waals surface area contributed by atoms with E-state index in [0.29, 0.717) is 0 Å². The predicted octanol–water partition coefficient (Wildman–Crippen LogP) is 19.2. The van der Waals surface area contributed by atoms with Crippen molar-refractivity contribution >= 4 is 148 Å². The summed E-state index contributed by atoms with van der Waals surface area (Å²) in [6, 6.07) is 63.8. The molecule has 0 N–H and O–H groups in total. The number of rotatable bonds is 6. The number of furan rings is 2. The average molecular weight is 924 g/mol. The molecule has 0 atom stereocenters. The maximum atomic E-state index is 8.40. The second-order valence-electron chi connectivity index (χ2n) is 18.7. The molecule has 0 aliphatic carbocycles. The van der Waals surface area contributed by atoms with Crippen LogP contribution in [0.15, 0.2) is 197 Å². The van der Waals surface area contributed by atoms with E-state index in [1.54, 1.807) is 35.6 Å². The van der Waals surface area contributed by atoms with Crippen LogP contribution in [0.3, 0.4) is 0 Å². The second kappa shape index (κ2) is 14.5. The highest BCUT2D eigenvalue weighted by molar-refractivity contribution is 7.25. The monoisotopic (exact) mass is 923 g/mol. The van der Waals surface area contributed by atoms with Crippen LogP contribution in [0.4, 0.5) is 34.1 Å². The molecule has 0 radical (unpaired) electrons. The molecule has 15 aromatic rings. The summed E-state index contributed by atoms with van der Waals surface area (Å²) in [5, 5.41) is 12.1. The van der Waals surface area contributed by atoms with E-state index in [0.717, 1.165) is 126 Å². The summed E-state index contributed by atoms with van der Waals surface area (Å²) >= 11 is 1.76. The van der Waals surface area contributed by atoms with Gasteiger partial charge < -0.3 is 18.6 Å². The van der Waals surface area contributed by atoms with E-state index in [1.807, 2.05) is 68.4 Å². The van der Waals surface area contributed by atoms with Gasteiger partial charge in [0.15, 0.2) is 0 Å². The van der Waals surface area contributed by atoms with Gasteiger partial charge in [-0.25, -0.2) is 0 Å². The Morgan fingerprint density at radius 2 is 0.857 bits per heavy atom. The molecule has 10 aromatic carbocycles. The Labute approximate surface area is 415 Å². The van der Waals surface area contributed by atoms with Crippen LogP contribution in [0.5, 0.6) is 0 Å². The quantitative estimate of drug-likeness (QED) is 0.167. The summed E-state index contributed by atoms with van der Waals surface area (Å²) in [4.78, 5) is 5.41. The number of nitrogens with zero attached hydrogens (tertiary/aromatic N) is 3. The molecule has 70 heavy (non-hydrogen) atoms. The number of benzene rings is 10. The molecular weight excluding hydrogens is 875 g/mol. The Morgan fingerprint density at radius 1 is 0.386 bits per heavy atom. The van der Waals surface area contributed by atoms with E-state index in [2.05, 4.69) is 123 Å². The number of para-hydroxylation sites is 3. The van der Waals surface area contributed by atoms with Gasteiger partial charge in [0.05, 0.1) is 11.0 Å². The lowest BCUT2D eigenvalue weighted by atomic mass is 10.0. The number of aromatic nitrogens is 1. The molecule has 15 rings (SSSR count). The highest BCUT2D eigenvalue weighted by atomic mass is 32.1. The van der Waals surface area contributed by atoms with Crippen molar-refractivity contribution in [2.24, 2.45) is 0 Å². The summed E-state index contributed by atoms with van der Waals surface area (Å²) in [6.07, 6.45) is 0. The van der Waals surface area contributed by atoms with Crippen molar-refractivity contribution in [3.8, 4) is 0 Å². The maximum absolute atomic E-state index is 8.40. The van der Waals surface area contributed by atoms with Crippen LogP contribution in [-0.2, 0) is 0 Å². The number of fused-ring (bicyclic) bond motifs is 16. The number of aryl methyl sites for hydroxylation is 4. The first-order valence-electron chi connectivity index (χ1n) is 26.5. The predicted molar refractivity (Wildman–Crippen MR) is 297 cm³/mol. The molecule has 0 saturated heterocycles. The Balaban J connectivity index is 0.920. The third-order valence-corrected chi connectivity index (χ3v) is 15.4. The smallest absolute Gasteiger partial charge is 0.137 e. The molecule has 0 spiro atoms. The second-order valence-corrected chi connectivity index (χ2v) is 19.7. The van der Waals surface area contributed by atoms with Gasteiger partial charge in [-0.3, -0.25) is 4.40 Å². The van der Waals surface area contributed by atoms with Crippen molar-refractivity contribution in [2.45, 2.75) is 27.6 Å². The summed E-state index contributed by atoms with van der Waals surface area (Å²) in [5.41, 5.74) is 12.6. The molecule has 0 amide bonds. The van der Waals surface area contributed by atoms with Crippen molar-refractivity contribution < 1.29 is 17.1 Å². The Bertz CT molecular complexity index is 4920. The van der Waals surface area contributed by atoms with Crippen molar-refractivity contribution in [2.75, 3.05) is 9.80 Å². The van der Waals surface area contributed by atoms with Crippen LogP contribution in [0.1, 0.15) is 30.5 Å². The van der Waals surface area contributed by atoms with Crippen LogP contribution in [-0.4, -0.2) is 4.40 Å². The third-order valence-electron chi connectivity index (χ3n) is 14.3. The minimum absolute atomic E-state index is 0.277. The standard InChI is InChI=1S/C64H43N3O2S/c1-36-26-37(2)29-45(28-36)65(42-18-23-50-48-10-5-7-14-56(48)68-58(50)33-42)41-17-22-47-40(32-41)16-21-53-52-12-9-13-55-61-54-25-20-44(35-60(54)70-64(61)67(62(47)53)63(52)55)66(46-30-38(3)27-39(4)31-46)43-19-24-51-49-11-6-8-15-57(49)69-59(51)34-43/h5-35H,1-4H3/i1D3,3D3. The molecule has 6 heteroatoms. The summed E-state index contributed by atoms with van der Waals surface area (Å²) in [7, 11) is 0. The van der Waals surface area contributed by atoms with Crippen molar-refractivity contribution in [1.82, 2.24) is 4.40 Å². The lowest BCUT2D eigenvalue weighted by Gasteiger charge is -2.26. The first-order chi connectivity index (χ1) is 36.7. The SMILES string of the molecule is [2H]C([2H])([2H])c1cc(C)cc(N(c2ccc3c(ccc4c5cccc6c7c8ccc(N(c9cc(C)cc(C([2H])([2H])[2H])c9)c9ccc%10c(c9)oc9ccccc9%10)cc8sc7n(c34)c56)c2)c2ccc3c(c2)oc2ccccc23)c1. The lowest BCUT2D eigenvalue weighted by Crippen LogP contribution is -2.10. The van der Waals surface area contributed by atoms with E-state index >= 15 is 0 Å². The van der Waals surface area contributed by atoms with E-state index in [9.17, 15) is 0 Å². The Morgan fingerprint density at radius 3 is 1.49 bits per heavy atom. The van der Waals surface area contributed by atoms with Gasteiger partial charge in [-0.2, -0.15) is 0 Å². The molecule has 0 bridgehead atoms. The molecule has 5 nitrogen and oxygen atoms in total. The molecule has 0 aliphatic heterocycles. The molecule has 5 aromatic heterocycles. The van der Waals surface area contributed by atoms with Crippen LogP contribution in [0.2, 0.25) is 0 Å². The minimum Gasteiger partial charge on any atom is -0.456 e. The molecule has 0 unspecified atom stereocenters. The van der Waals surface area contributed by atoms with Gasteiger partial charge in [-0.15, -0.1) is 11.3 Å². The van der Waals surface area contributed by atoms with Gasteiger partial charge in [0.25, 0.3) is 0 Å². The number of anilines is 6. The maximum Gasteiger partial charge on any atom is 0.137 e. The fourth-order valence-corrected chi connectivity index (χ4v) is 12.7. The van der Waals surface area contributed by atoms with Gasteiger partial charge in [-0.1, -0.05) is 91.0 Å². The van der Waals surface area contributed by atoms with Gasteiger partial charge in [0.2, 0.25) is 0 Å². The van der Waals surface area contributed by atoms with Crippen LogP contribution in [0.25, 0.3) is 102 Å². The molecule has 0 fully saturated rings. The van der Waals surface area contributed by atoms with Crippen LogP contribution < -0.4 is 9.80 Å². The van der Waals surface area contributed by atoms with Crippen molar-refractivity contribution in [1.29, 1.82) is 0 Å². The first-order valence-corrected chi connectivity index (χ1v) is 24.3. The van der Waals surface area contributed by atoms with E-state index in [4.69, 9.17) is 17.1 Å². The van der Waals surface area contributed by atoms with Gasteiger partial charge in [0.1, 0.15) is 27.2 Å². The average Bonchev–Trinajstić information content (AvgIpc) is 4.38. The van der Waals surface area contributed by atoms with Crippen LogP contribution >= 0.6 is 11.3 Å². The molecule has 0 aliphatic rings. The van der Waals surface area contributed by atoms with Crippen molar-refractivity contribution in [3.05, 3.63) is 210 Å².